The molecule has 1 aromatic heterocycles. The SMILES string of the molecule is NC(N)=NCCCC(NC(=O)C(CCC(=O)O)NC(=O)C(N)Cc1c[nH]c2ccccc12)C(=O)NC(Cc1ccc(O)cc1)C(=O)O. The molecular weight excluding hydrogens is 612 g/mol. The number of nitrogens with two attached hydrogens (primary N) is 3. The summed E-state index contributed by atoms with van der Waals surface area (Å²) in [4.78, 5) is 70.2. The third-order valence-electron chi connectivity index (χ3n) is 7.30. The normalized spacial score (nSPS) is 13.5. The Labute approximate surface area is 269 Å². The molecule has 3 aromatic rings. The van der Waals surface area contributed by atoms with Gasteiger partial charge in [-0.15, -0.1) is 0 Å². The fourth-order valence-corrected chi connectivity index (χ4v) is 4.83. The number of para-hydroxylation sites is 1. The second-order valence-electron chi connectivity index (χ2n) is 10.9. The van der Waals surface area contributed by atoms with E-state index in [1.54, 1.807) is 6.20 Å². The molecule has 0 aliphatic rings. The Morgan fingerprint density at radius 2 is 1.43 bits per heavy atom. The lowest BCUT2D eigenvalue weighted by atomic mass is 10.0. The summed E-state index contributed by atoms with van der Waals surface area (Å²) in [7, 11) is 0. The number of aromatic nitrogens is 1. The summed E-state index contributed by atoms with van der Waals surface area (Å²) < 4.78 is 0. The Morgan fingerprint density at radius 3 is 2.06 bits per heavy atom. The molecule has 0 saturated heterocycles. The van der Waals surface area contributed by atoms with E-state index in [9.17, 15) is 39.3 Å². The molecule has 4 atom stereocenters. The molecule has 2 aromatic carbocycles. The van der Waals surface area contributed by atoms with Crippen LogP contribution in [0.25, 0.3) is 10.9 Å². The number of fused-ring (bicyclic) bond motifs is 1. The van der Waals surface area contributed by atoms with Crippen LogP contribution in [0.5, 0.6) is 5.75 Å². The number of carbonyl (C=O) groups excluding carboxylic acids is 3. The Hall–Kier alpha value is -5.64. The summed E-state index contributed by atoms with van der Waals surface area (Å²) in [5.41, 5.74) is 19.0. The van der Waals surface area contributed by atoms with Gasteiger partial charge in [0.15, 0.2) is 5.96 Å². The van der Waals surface area contributed by atoms with E-state index in [2.05, 4.69) is 25.9 Å². The standard InChI is InChI=1S/C31H40N8O8/c32-21(15-18-16-36-22-5-2-1-4-20(18)22)27(43)37-24(11-12-26(41)42)29(45)38-23(6-3-13-35-31(33)34)28(44)39-25(30(46)47)14-17-7-9-19(40)10-8-17/h1-2,4-5,7-10,16,21,23-25,36,40H,3,6,11-15,32H2,(H,37,43)(H,38,45)(H,39,44)(H,41,42)(H,46,47)(H4,33,34,35). The van der Waals surface area contributed by atoms with Crippen molar-refractivity contribution in [2.24, 2.45) is 22.2 Å². The van der Waals surface area contributed by atoms with Gasteiger partial charge >= 0.3 is 11.9 Å². The number of hydrogen-bond acceptors (Lipinski definition) is 8. The molecule has 47 heavy (non-hydrogen) atoms. The molecule has 0 spiro atoms. The molecule has 3 rings (SSSR count). The molecule has 0 aliphatic carbocycles. The lowest BCUT2D eigenvalue weighted by Crippen LogP contribution is -2.57. The lowest BCUT2D eigenvalue weighted by molar-refractivity contribution is -0.142. The van der Waals surface area contributed by atoms with E-state index in [0.717, 1.165) is 16.5 Å². The smallest absolute Gasteiger partial charge is 0.326 e. The fourth-order valence-electron chi connectivity index (χ4n) is 4.83. The third-order valence-corrected chi connectivity index (χ3v) is 7.30. The van der Waals surface area contributed by atoms with E-state index in [-0.39, 0.29) is 50.4 Å². The van der Waals surface area contributed by atoms with E-state index in [0.29, 0.717) is 5.56 Å². The van der Waals surface area contributed by atoms with E-state index >= 15 is 0 Å². The van der Waals surface area contributed by atoms with Crippen LogP contribution in [0.4, 0.5) is 0 Å². The highest BCUT2D eigenvalue weighted by Crippen LogP contribution is 2.19. The Balaban J connectivity index is 1.75. The minimum atomic E-state index is -1.39. The number of amides is 3. The van der Waals surface area contributed by atoms with E-state index < -0.39 is 60.2 Å². The van der Waals surface area contributed by atoms with Gasteiger partial charge in [0.25, 0.3) is 0 Å². The Kier molecular flexibility index (Phi) is 13.1. The monoisotopic (exact) mass is 652 g/mol. The molecule has 0 fully saturated rings. The van der Waals surface area contributed by atoms with E-state index in [1.807, 2.05) is 24.3 Å². The number of nitrogens with zero attached hydrogens (tertiary/aromatic N) is 1. The average molecular weight is 653 g/mol. The van der Waals surface area contributed by atoms with Crippen LogP contribution in [0.2, 0.25) is 0 Å². The number of H-pyrrole nitrogens is 1. The molecule has 16 heteroatoms. The molecule has 3 amide bonds. The van der Waals surface area contributed by atoms with Gasteiger partial charge in [0, 0.05) is 36.5 Å². The maximum Gasteiger partial charge on any atom is 0.326 e. The van der Waals surface area contributed by atoms with Crippen molar-refractivity contribution in [3.05, 3.63) is 65.9 Å². The van der Waals surface area contributed by atoms with Crippen LogP contribution in [0.3, 0.4) is 0 Å². The first-order valence-electron chi connectivity index (χ1n) is 14.8. The number of carboxylic acids is 2. The van der Waals surface area contributed by atoms with Crippen LogP contribution in [-0.4, -0.2) is 86.6 Å². The first kappa shape index (κ1) is 35.8. The number of phenols is 1. The number of phenolic OH excluding ortho intramolecular Hbond substituents is 1. The topological polar surface area (TPSA) is 288 Å². The van der Waals surface area contributed by atoms with Crippen molar-refractivity contribution < 1.29 is 39.3 Å². The van der Waals surface area contributed by atoms with Crippen molar-refractivity contribution in [1.29, 1.82) is 0 Å². The number of rotatable bonds is 18. The average Bonchev–Trinajstić information content (AvgIpc) is 3.43. The highest BCUT2D eigenvalue weighted by molar-refractivity contribution is 5.94. The van der Waals surface area contributed by atoms with Crippen molar-refractivity contribution in [1.82, 2.24) is 20.9 Å². The number of aliphatic carboxylic acids is 2. The quantitative estimate of drug-likeness (QED) is 0.0472. The third kappa shape index (κ3) is 11.3. The van der Waals surface area contributed by atoms with Crippen LogP contribution < -0.4 is 33.2 Å². The Morgan fingerprint density at radius 1 is 0.809 bits per heavy atom. The predicted molar refractivity (Wildman–Crippen MR) is 172 cm³/mol. The van der Waals surface area contributed by atoms with Crippen LogP contribution in [-0.2, 0) is 36.8 Å². The van der Waals surface area contributed by atoms with Gasteiger partial charge in [-0.05, 0) is 55.0 Å². The summed E-state index contributed by atoms with van der Waals surface area (Å²) in [5, 5.41) is 36.9. The lowest BCUT2D eigenvalue weighted by Gasteiger charge is -2.25. The summed E-state index contributed by atoms with van der Waals surface area (Å²) in [6.45, 7) is 0.0969. The molecule has 1 heterocycles. The number of nitrogens with one attached hydrogen (secondary N) is 4. The van der Waals surface area contributed by atoms with Crippen LogP contribution in [0.15, 0.2) is 59.7 Å². The maximum atomic E-state index is 13.5. The summed E-state index contributed by atoms with van der Waals surface area (Å²) in [6, 6.07) is 8.02. The van der Waals surface area contributed by atoms with Gasteiger partial charge in [-0.3, -0.25) is 24.2 Å². The number of aromatic hydroxyl groups is 1. The van der Waals surface area contributed by atoms with Gasteiger partial charge in [-0.25, -0.2) is 4.79 Å². The van der Waals surface area contributed by atoms with Gasteiger partial charge < -0.3 is 53.5 Å². The molecule has 16 nitrogen and oxygen atoms in total. The van der Waals surface area contributed by atoms with Crippen molar-refractivity contribution >= 4 is 46.5 Å². The zero-order valence-corrected chi connectivity index (χ0v) is 25.5. The summed E-state index contributed by atoms with van der Waals surface area (Å²) >= 11 is 0. The predicted octanol–water partition coefficient (Wildman–Crippen LogP) is -0.557. The van der Waals surface area contributed by atoms with E-state index in [4.69, 9.17) is 17.2 Å². The molecule has 252 valence electrons. The summed E-state index contributed by atoms with van der Waals surface area (Å²) in [6.07, 6.45) is 1.11. The second-order valence-corrected chi connectivity index (χ2v) is 10.9. The molecule has 13 N–H and O–H groups in total. The largest absolute Gasteiger partial charge is 0.508 e. The van der Waals surface area contributed by atoms with Crippen molar-refractivity contribution in [3.63, 3.8) is 0 Å². The van der Waals surface area contributed by atoms with Crippen molar-refractivity contribution in [2.75, 3.05) is 6.54 Å². The van der Waals surface area contributed by atoms with Crippen LogP contribution in [0.1, 0.15) is 36.8 Å². The van der Waals surface area contributed by atoms with Crippen molar-refractivity contribution in [2.45, 2.75) is 62.7 Å². The second kappa shape index (κ2) is 17.2. The number of carbonyl (C=O) groups is 5. The molecule has 0 saturated carbocycles. The molecule has 0 radical (unpaired) electrons. The highest BCUT2D eigenvalue weighted by atomic mass is 16.4. The minimum Gasteiger partial charge on any atom is -0.508 e. The molecule has 0 aliphatic heterocycles. The van der Waals surface area contributed by atoms with E-state index in [1.165, 1.54) is 24.3 Å². The zero-order chi connectivity index (χ0) is 34.5. The van der Waals surface area contributed by atoms with Crippen LogP contribution in [0, 0.1) is 0 Å². The highest BCUT2D eigenvalue weighted by Gasteiger charge is 2.31. The number of aromatic amines is 1. The Bertz CT molecular complexity index is 1590. The maximum absolute atomic E-state index is 13.5. The number of carboxylic acid groups (broad SMARTS) is 2. The fraction of sp³-hybridized carbons (Fsp3) is 0.355. The van der Waals surface area contributed by atoms with Gasteiger partial charge in [0.1, 0.15) is 23.9 Å². The zero-order valence-electron chi connectivity index (χ0n) is 25.5. The minimum absolute atomic E-state index is 0.0170. The van der Waals surface area contributed by atoms with Crippen molar-refractivity contribution in [3.8, 4) is 5.75 Å². The number of hydrogen-bond donors (Lipinski definition) is 10. The van der Waals surface area contributed by atoms with Gasteiger partial charge in [0.05, 0.1) is 6.04 Å². The van der Waals surface area contributed by atoms with Gasteiger partial charge in [-0.1, -0.05) is 30.3 Å². The van der Waals surface area contributed by atoms with Gasteiger partial charge in [0.2, 0.25) is 17.7 Å². The molecule has 4 unspecified atom stereocenters. The van der Waals surface area contributed by atoms with Crippen LogP contribution >= 0.6 is 0 Å². The first-order valence-corrected chi connectivity index (χ1v) is 14.8. The summed E-state index contributed by atoms with van der Waals surface area (Å²) in [5.74, 6) is -5.18. The number of guanidine groups is 1. The molecular formula is C31H40N8O8. The van der Waals surface area contributed by atoms with Gasteiger partial charge in [-0.2, -0.15) is 0 Å². The molecule has 0 bridgehead atoms. The number of benzene rings is 2. The first-order chi connectivity index (χ1) is 22.3. The number of aliphatic imine (C=N–C) groups is 1.